The quantitative estimate of drug-likeness (QED) is 0.852. The maximum absolute atomic E-state index is 6.30. The molecule has 19 heavy (non-hydrogen) atoms. The van der Waals surface area contributed by atoms with Gasteiger partial charge in [0.2, 0.25) is 0 Å². The second-order valence-electron chi connectivity index (χ2n) is 4.03. The van der Waals surface area contributed by atoms with Gasteiger partial charge in [0.1, 0.15) is 5.75 Å². The van der Waals surface area contributed by atoms with E-state index in [0.29, 0.717) is 15.8 Å². The van der Waals surface area contributed by atoms with Gasteiger partial charge in [0.05, 0.1) is 13.2 Å². The Labute approximate surface area is 130 Å². The van der Waals surface area contributed by atoms with E-state index >= 15 is 0 Å². The van der Waals surface area contributed by atoms with Gasteiger partial charge < -0.3 is 10.5 Å². The summed E-state index contributed by atoms with van der Waals surface area (Å²) >= 11 is 15.4. The van der Waals surface area contributed by atoms with E-state index in [0.717, 1.165) is 15.6 Å². The van der Waals surface area contributed by atoms with Crippen LogP contribution in [-0.4, -0.2) is 7.11 Å². The molecule has 0 fully saturated rings. The van der Waals surface area contributed by atoms with Crippen LogP contribution in [0.1, 0.15) is 17.2 Å². The molecule has 0 spiro atoms. The zero-order chi connectivity index (χ0) is 14.0. The Balaban J connectivity index is 2.49. The Morgan fingerprint density at radius 2 is 1.68 bits per heavy atom. The molecule has 5 heteroatoms. The van der Waals surface area contributed by atoms with E-state index in [2.05, 4.69) is 15.9 Å². The molecule has 2 rings (SSSR count). The van der Waals surface area contributed by atoms with Crippen LogP contribution >= 0.6 is 39.1 Å². The normalized spacial score (nSPS) is 12.3. The predicted molar refractivity (Wildman–Crippen MR) is 83.2 cm³/mol. The number of hydrogen-bond acceptors (Lipinski definition) is 2. The predicted octanol–water partition coefficient (Wildman–Crippen LogP) is 4.81. The maximum atomic E-state index is 6.30. The van der Waals surface area contributed by atoms with Crippen molar-refractivity contribution in [1.82, 2.24) is 0 Å². The van der Waals surface area contributed by atoms with Gasteiger partial charge >= 0.3 is 0 Å². The van der Waals surface area contributed by atoms with Gasteiger partial charge in [0.15, 0.2) is 0 Å². The highest BCUT2D eigenvalue weighted by Gasteiger charge is 2.17. The summed E-state index contributed by atoms with van der Waals surface area (Å²) in [7, 11) is 1.61. The summed E-state index contributed by atoms with van der Waals surface area (Å²) in [6, 6.07) is 10.5. The molecule has 2 aromatic carbocycles. The van der Waals surface area contributed by atoms with Crippen molar-refractivity contribution in [2.75, 3.05) is 7.11 Å². The van der Waals surface area contributed by atoms with E-state index < -0.39 is 0 Å². The summed E-state index contributed by atoms with van der Waals surface area (Å²) in [4.78, 5) is 0. The summed E-state index contributed by atoms with van der Waals surface area (Å²) < 4.78 is 6.18. The van der Waals surface area contributed by atoms with Crippen LogP contribution in [0.3, 0.4) is 0 Å². The molecule has 0 saturated carbocycles. The maximum Gasteiger partial charge on any atom is 0.124 e. The first kappa shape index (κ1) is 14.7. The number of nitrogens with two attached hydrogens (primary N) is 1. The fraction of sp³-hybridized carbons (Fsp3) is 0.143. The Morgan fingerprint density at radius 3 is 2.32 bits per heavy atom. The van der Waals surface area contributed by atoms with Crippen LogP contribution in [0.4, 0.5) is 0 Å². The summed E-state index contributed by atoms with van der Waals surface area (Å²) in [5, 5.41) is 1.28. The zero-order valence-corrected chi connectivity index (χ0v) is 13.3. The van der Waals surface area contributed by atoms with Crippen molar-refractivity contribution in [2.24, 2.45) is 5.73 Å². The lowest BCUT2D eigenvalue weighted by Crippen LogP contribution is -2.13. The molecule has 0 saturated heterocycles. The highest BCUT2D eigenvalue weighted by molar-refractivity contribution is 9.10. The molecule has 1 unspecified atom stereocenters. The number of benzene rings is 2. The first-order chi connectivity index (χ1) is 9.02. The van der Waals surface area contributed by atoms with Crippen molar-refractivity contribution >= 4 is 39.1 Å². The van der Waals surface area contributed by atoms with E-state index in [1.807, 2.05) is 18.2 Å². The molecule has 0 heterocycles. The molecular formula is C14H12BrCl2NO. The van der Waals surface area contributed by atoms with Gasteiger partial charge in [-0.3, -0.25) is 0 Å². The van der Waals surface area contributed by atoms with Crippen LogP contribution in [0.15, 0.2) is 40.9 Å². The van der Waals surface area contributed by atoms with Gasteiger partial charge in [-0.25, -0.2) is 0 Å². The largest absolute Gasteiger partial charge is 0.496 e. The van der Waals surface area contributed by atoms with Crippen LogP contribution in [0.5, 0.6) is 5.75 Å². The zero-order valence-electron chi connectivity index (χ0n) is 10.2. The Hall–Kier alpha value is -0.740. The molecule has 2 N–H and O–H groups in total. The molecular weight excluding hydrogens is 349 g/mol. The molecule has 0 aromatic heterocycles. The van der Waals surface area contributed by atoms with Gasteiger partial charge in [-0.1, -0.05) is 45.2 Å². The summed E-state index contributed by atoms with van der Waals surface area (Å²) in [5.74, 6) is 0.707. The SMILES string of the molecule is COc1ccc(Cl)cc1C(N)c1ccc(Cl)cc1Br. The Bertz CT molecular complexity index is 604. The molecule has 0 aliphatic carbocycles. The molecule has 2 aromatic rings. The van der Waals surface area contributed by atoms with E-state index in [1.54, 1.807) is 25.3 Å². The number of rotatable bonds is 3. The highest BCUT2D eigenvalue weighted by Crippen LogP contribution is 2.34. The number of ether oxygens (including phenoxy) is 1. The number of halogens is 3. The van der Waals surface area contributed by atoms with E-state index in [4.69, 9.17) is 33.7 Å². The molecule has 0 amide bonds. The third-order valence-electron chi connectivity index (χ3n) is 2.82. The standard InChI is InChI=1S/C14H12BrCl2NO/c1-19-13-5-3-8(16)6-11(13)14(18)10-4-2-9(17)7-12(10)15/h2-7,14H,18H2,1H3. The lowest BCUT2D eigenvalue weighted by molar-refractivity contribution is 0.408. The number of methoxy groups -OCH3 is 1. The van der Waals surface area contributed by atoms with Gasteiger partial charge in [0.25, 0.3) is 0 Å². The minimum atomic E-state index is -0.347. The Kier molecular flexibility index (Phi) is 4.74. The van der Waals surface area contributed by atoms with Crippen molar-refractivity contribution in [2.45, 2.75) is 6.04 Å². The first-order valence-corrected chi connectivity index (χ1v) is 7.11. The van der Waals surface area contributed by atoms with E-state index in [-0.39, 0.29) is 6.04 Å². The van der Waals surface area contributed by atoms with Crippen molar-refractivity contribution in [3.05, 3.63) is 62.0 Å². The first-order valence-electron chi connectivity index (χ1n) is 5.57. The van der Waals surface area contributed by atoms with Crippen molar-refractivity contribution in [3.8, 4) is 5.75 Å². The smallest absolute Gasteiger partial charge is 0.124 e. The Morgan fingerprint density at radius 1 is 1.05 bits per heavy atom. The third kappa shape index (κ3) is 3.23. The summed E-state index contributed by atoms with van der Waals surface area (Å²) in [6.45, 7) is 0. The minimum Gasteiger partial charge on any atom is -0.496 e. The molecule has 0 radical (unpaired) electrons. The second kappa shape index (κ2) is 6.14. The summed E-state index contributed by atoms with van der Waals surface area (Å²) in [6.07, 6.45) is 0. The lowest BCUT2D eigenvalue weighted by Gasteiger charge is -2.18. The van der Waals surface area contributed by atoms with Crippen LogP contribution in [-0.2, 0) is 0 Å². The fourth-order valence-corrected chi connectivity index (χ4v) is 2.98. The monoisotopic (exact) mass is 359 g/mol. The van der Waals surface area contributed by atoms with Crippen LogP contribution in [0, 0.1) is 0 Å². The highest BCUT2D eigenvalue weighted by atomic mass is 79.9. The summed E-state index contributed by atoms with van der Waals surface area (Å²) in [5.41, 5.74) is 8.05. The van der Waals surface area contributed by atoms with Crippen molar-refractivity contribution in [1.29, 1.82) is 0 Å². The minimum absolute atomic E-state index is 0.347. The topological polar surface area (TPSA) is 35.2 Å². The molecule has 1 atom stereocenters. The van der Waals surface area contributed by atoms with E-state index in [1.165, 1.54) is 0 Å². The van der Waals surface area contributed by atoms with Gasteiger partial charge in [-0.15, -0.1) is 0 Å². The van der Waals surface area contributed by atoms with Crippen molar-refractivity contribution in [3.63, 3.8) is 0 Å². The van der Waals surface area contributed by atoms with Crippen LogP contribution in [0.2, 0.25) is 10.0 Å². The molecule has 2 nitrogen and oxygen atoms in total. The van der Waals surface area contributed by atoms with E-state index in [9.17, 15) is 0 Å². The van der Waals surface area contributed by atoms with Gasteiger partial charge in [0, 0.05) is 20.1 Å². The van der Waals surface area contributed by atoms with Crippen LogP contribution in [0.25, 0.3) is 0 Å². The second-order valence-corrected chi connectivity index (χ2v) is 5.76. The van der Waals surface area contributed by atoms with Gasteiger partial charge in [-0.2, -0.15) is 0 Å². The lowest BCUT2D eigenvalue weighted by atomic mass is 9.99. The molecule has 0 aliphatic heterocycles. The van der Waals surface area contributed by atoms with Gasteiger partial charge in [-0.05, 0) is 35.9 Å². The molecule has 100 valence electrons. The van der Waals surface area contributed by atoms with Crippen molar-refractivity contribution < 1.29 is 4.74 Å². The number of hydrogen-bond donors (Lipinski definition) is 1. The average molecular weight is 361 g/mol. The molecule has 0 bridgehead atoms. The van der Waals surface area contributed by atoms with Crippen LogP contribution < -0.4 is 10.5 Å². The molecule has 0 aliphatic rings. The third-order valence-corrected chi connectivity index (χ3v) is 3.98. The fourth-order valence-electron chi connectivity index (χ4n) is 1.87. The average Bonchev–Trinajstić information content (AvgIpc) is 2.38.